The molecule has 0 saturated carbocycles. The van der Waals surface area contributed by atoms with Crippen molar-refractivity contribution in [1.82, 2.24) is 14.8 Å². The fourth-order valence-corrected chi connectivity index (χ4v) is 1.89. The van der Waals surface area contributed by atoms with Crippen LogP contribution in [0.1, 0.15) is 5.56 Å². The van der Waals surface area contributed by atoms with Crippen LogP contribution in [0.4, 0.5) is 0 Å². The Morgan fingerprint density at radius 1 is 1.00 bits per heavy atom. The summed E-state index contributed by atoms with van der Waals surface area (Å²) < 4.78 is 1.70. The fraction of sp³-hybridized carbons (Fsp3) is 0. The van der Waals surface area contributed by atoms with Gasteiger partial charge < -0.3 is 0 Å². The summed E-state index contributed by atoms with van der Waals surface area (Å²) in [5.41, 5.74) is 2.22. The van der Waals surface area contributed by atoms with Gasteiger partial charge in [0, 0.05) is 18.0 Å². The molecular weight excluding hydrogens is 236 g/mol. The summed E-state index contributed by atoms with van der Waals surface area (Å²) in [6, 6.07) is 17.1. The quantitative estimate of drug-likeness (QED) is 0.698. The molecular formula is C15H10N4. The predicted octanol–water partition coefficient (Wildman–Crippen LogP) is 2.81. The van der Waals surface area contributed by atoms with Gasteiger partial charge in [-0.2, -0.15) is 10.4 Å². The smallest absolute Gasteiger partial charge is 0.153 e. The third-order valence-corrected chi connectivity index (χ3v) is 2.80. The third kappa shape index (κ3) is 2.09. The van der Waals surface area contributed by atoms with Crippen LogP contribution in [-0.2, 0) is 0 Å². The summed E-state index contributed by atoms with van der Waals surface area (Å²) in [5, 5.41) is 13.6. The van der Waals surface area contributed by atoms with Crippen LogP contribution in [0.25, 0.3) is 17.1 Å². The SMILES string of the molecule is N#Cc1ccccc1-c1ccn(-c2ccccn2)n1. The van der Waals surface area contributed by atoms with Crippen molar-refractivity contribution in [3.05, 3.63) is 66.5 Å². The summed E-state index contributed by atoms with van der Waals surface area (Å²) in [6.07, 6.45) is 3.56. The lowest BCUT2D eigenvalue weighted by Crippen LogP contribution is -1.97. The van der Waals surface area contributed by atoms with Gasteiger partial charge in [-0.3, -0.25) is 0 Å². The Morgan fingerprint density at radius 3 is 2.63 bits per heavy atom. The van der Waals surface area contributed by atoms with E-state index < -0.39 is 0 Å². The van der Waals surface area contributed by atoms with Gasteiger partial charge in [-0.15, -0.1) is 0 Å². The lowest BCUT2D eigenvalue weighted by atomic mass is 10.1. The Bertz CT molecular complexity index is 738. The number of hydrogen-bond acceptors (Lipinski definition) is 3. The van der Waals surface area contributed by atoms with Gasteiger partial charge >= 0.3 is 0 Å². The van der Waals surface area contributed by atoms with E-state index in [9.17, 15) is 0 Å². The molecule has 4 heteroatoms. The number of aromatic nitrogens is 3. The lowest BCUT2D eigenvalue weighted by molar-refractivity contribution is 0.850. The van der Waals surface area contributed by atoms with Gasteiger partial charge in [0.1, 0.15) is 0 Å². The maximum Gasteiger partial charge on any atom is 0.153 e. The maximum atomic E-state index is 9.11. The molecule has 0 radical (unpaired) electrons. The van der Waals surface area contributed by atoms with Crippen molar-refractivity contribution in [1.29, 1.82) is 5.26 Å². The minimum absolute atomic E-state index is 0.619. The highest BCUT2D eigenvalue weighted by Gasteiger charge is 2.08. The Kier molecular flexibility index (Phi) is 2.79. The normalized spacial score (nSPS) is 10.1. The topological polar surface area (TPSA) is 54.5 Å². The molecule has 4 nitrogen and oxygen atoms in total. The van der Waals surface area contributed by atoms with Crippen LogP contribution < -0.4 is 0 Å². The van der Waals surface area contributed by atoms with E-state index in [-0.39, 0.29) is 0 Å². The average Bonchev–Trinajstić information content (AvgIpc) is 2.98. The largest absolute Gasteiger partial charge is 0.237 e. The molecule has 0 aliphatic heterocycles. The number of nitriles is 1. The highest BCUT2D eigenvalue weighted by atomic mass is 15.3. The molecule has 0 saturated heterocycles. The van der Waals surface area contributed by atoms with Gasteiger partial charge in [0.2, 0.25) is 0 Å². The van der Waals surface area contributed by atoms with Crippen LogP contribution in [-0.4, -0.2) is 14.8 Å². The summed E-state index contributed by atoms with van der Waals surface area (Å²) >= 11 is 0. The molecule has 19 heavy (non-hydrogen) atoms. The van der Waals surface area contributed by atoms with Crippen LogP contribution in [0.2, 0.25) is 0 Å². The van der Waals surface area contributed by atoms with Crippen LogP contribution in [0.5, 0.6) is 0 Å². The molecule has 1 aromatic carbocycles. The molecule has 2 aromatic heterocycles. The second kappa shape index (κ2) is 4.75. The Labute approximate surface area is 110 Å². The van der Waals surface area contributed by atoms with E-state index in [1.807, 2.05) is 48.7 Å². The van der Waals surface area contributed by atoms with Crippen molar-refractivity contribution in [2.75, 3.05) is 0 Å². The minimum atomic E-state index is 0.619. The van der Waals surface area contributed by atoms with Crippen LogP contribution in [0, 0.1) is 11.3 Å². The zero-order valence-electron chi connectivity index (χ0n) is 10.1. The van der Waals surface area contributed by atoms with Crippen molar-refractivity contribution in [2.45, 2.75) is 0 Å². The number of nitrogens with zero attached hydrogens (tertiary/aromatic N) is 4. The minimum Gasteiger partial charge on any atom is -0.237 e. The van der Waals surface area contributed by atoms with Crippen molar-refractivity contribution < 1.29 is 0 Å². The van der Waals surface area contributed by atoms with Crippen molar-refractivity contribution in [3.8, 4) is 23.1 Å². The molecule has 3 aromatic rings. The van der Waals surface area contributed by atoms with E-state index in [2.05, 4.69) is 16.2 Å². The zero-order valence-corrected chi connectivity index (χ0v) is 10.1. The van der Waals surface area contributed by atoms with Crippen molar-refractivity contribution in [3.63, 3.8) is 0 Å². The lowest BCUT2D eigenvalue weighted by Gasteiger charge is -2.00. The first kappa shape index (κ1) is 11.2. The molecule has 90 valence electrons. The average molecular weight is 246 g/mol. The molecule has 0 N–H and O–H groups in total. The molecule has 2 heterocycles. The van der Waals surface area contributed by atoms with Gasteiger partial charge in [-0.25, -0.2) is 9.67 Å². The van der Waals surface area contributed by atoms with E-state index >= 15 is 0 Å². The highest BCUT2D eigenvalue weighted by molar-refractivity contribution is 5.67. The monoisotopic (exact) mass is 246 g/mol. The van der Waals surface area contributed by atoms with E-state index in [1.165, 1.54) is 0 Å². The number of benzene rings is 1. The molecule has 0 spiro atoms. The highest BCUT2D eigenvalue weighted by Crippen LogP contribution is 2.21. The Hall–Kier alpha value is -2.93. The Morgan fingerprint density at radius 2 is 1.84 bits per heavy atom. The molecule has 0 amide bonds. The van der Waals surface area contributed by atoms with Crippen LogP contribution in [0.15, 0.2) is 60.9 Å². The second-order valence-electron chi connectivity index (χ2n) is 3.99. The standard InChI is InChI=1S/C15H10N4/c16-11-12-5-1-2-6-13(12)14-8-10-19(18-14)15-7-3-4-9-17-15/h1-10H. The van der Waals surface area contributed by atoms with Crippen LogP contribution >= 0.6 is 0 Å². The summed E-state index contributed by atoms with van der Waals surface area (Å²) in [4.78, 5) is 4.23. The molecule has 3 rings (SSSR count). The maximum absolute atomic E-state index is 9.11. The molecule has 0 aliphatic rings. The van der Waals surface area contributed by atoms with Crippen molar-refractivity contribution in [2.24, 2.45) is 0 Å². The van der Waals surface area contributed by atoms with E-state index in [0.29, 0.717) is 5.56 Å². The number of rotatable bonds is 2. The first-order valence-electron chi connectivity index (χ1n) is 5.85. The van der Waals surface area contributed by atoms with E-state index in [4.69, 9.17) is 5.26 Å². The molecule has 0 atom stereocenters. The molecule has 0 unspecified atom stereocenters. The van der Waals surface area contributed by atoms with Crippen molar-refractivity contribution >= 4 is 0 Å². The number of pyridine rings is 1. The Balaban J connectivity index is 2.05. The number of hydrogen-bond donors (Lipinski definition) is 0. The predicted molar refractivity (Wildman–Crippen MR) is 71.5 cm³/mol. The summed E-state index contributed by atoms with van der Waals surface area (Å²) in [6.45, 7) is 0. The third-order valence-electron chi connectivity index (χ3n) is 2.80. The summed E-state index contributed by atoms with van der Waals surface area (Å²) in [5.74, 6) is 0.753. The molecule has 0 aliphatic carbocycles. The zero-order chi connectivity index (χ0) is 13.1. The van der Waals surface area contributed by atoms with Gasteiger partial charge in [-0.1, -0.05) is 24.3 Å². The van der Waals surface area contributed by atoms with E-state index in [1.54, 1.807) is 16.9 Å². The van der Waals surface area contributed by atoms with Gasteiger partial charge in [0.25, 0.3) is 0 Å². The first-order chi connectivity index (χ1) is 9.38. The van der Waals surface area contributed by atoms with E-state index in [0.717, 1.165) is 17.1 Å². The molecule has 0 fully saturated rings. The molecule has 0 bridgehead atoms. The van der Waals surface area contributed by atoms with Gasteiger partial charge in [0.05, 0.1) is 17.3 Å². The van der Waals surface area contributed by atoms with Gasteiger partial charge in [0.15, 0.2) is 5.82 Å². The second-order valence-corrected chi connectivity index (χ2v) is 3.99. The van der Waals surface area contributed by atoms with Crippen LogP contribution in [0.3, 0.4) is 0 Å². The van der Waals surface area contributed by atoms with Gasteiger partial charge in [-0.05, 0) is 24.3 Å². The fourth-order valence-electron chi connectivity index (χ4n) is 1.89. The summed E-state index contributed by atoms with van der Waals surface area (Å²) in [7, 11) is 0. The first-order valence-corrected chi connectivity index (χ1v) is 5.85.